The number of furan rings is 1. The summed E-state index contributed by atoms with van der Waals surface area (Å²) in [5.41, 5.74) is -0.238. The molecule has 4 heterocycles. The van der Waals surface area contributed by atoms with Crippen molar-refractivity contribution in [3.05, 3.63) is 24.2 Å². The van der Waals surface area contributed by atoms with Crippen molar-refractivity contribution in [1.29, 1.82) is 0 Å². The van der Waals surface area contributed by atoms with Gasteiger partial charge in [0.25, 0.3) is 5.91 Å². The van der Waals surface area contributed by atoms with Gasteiger partial charge >= 0.3 is 0 Å². The van der Waals surface area contributed by atoms with Gasteiger partial charge in [0.15, 0.2) is 5.76 Å². The summed E-state index contributed by atoms with van der Waals surface area (Å²) >= 11 is 0. The zero-order chi connectivity index (χ0) is 15.9. The molecular formula is C17H22N2O4. The molecule has 0 aromatic carbocycles. The molecule has 2 amide bonds. The molecule has 1 unspecified atom stereocenters. The van der Waals surface area contributed by atoms with Crippen LogP contribution in [0.2, 0.25) is 0 Å². The molecule has 124 valence electrons. The van der Waals surface area contributed by atoms with Gasteiger partial charge in [-0.15, -0.1) is 0 Å². The minimum absolute atomic E-state index is 0.0826. The van der Waals surface area contributed by atoms with Crippen LogP contribution in [0.25, 0.3) is 0 Å². The second kappa shape index (κ2) is 5.67. The molecule has 0 aliphatic carbocycles. The van der Waals surface area contributed by atoms with E-state index in [1.807, 2.05) is 4.90 Å². The number of nitrogens with zero attached hydrogens (tertiary/aromatic N) is 2. The number of hydrogen-bond donors (Lipinski definition) is 0. The van der Waals surface area contributed by atoms with E-state index in [1.54, 1.807) is 17.0 Å². The topological polar surface area (TPSA) is 63.0 Å². The van der Waals surface area contributed by atoms with Crippen LogP contribution in [0, 0.1) is 5.92 Å². The third kappa shape index (κ3) is 2.76. The summed E-state index contributed by atoms with van der Waals surface area (Å²) in [7, 11) is 0. The number of carbonyl (C=O) groups excluding carboxylic acids is 2. The molecule has 0 saturated carbocycles. The SMILES string of the molecule is O=C(CC1COC2(C1)CN(C(=O)c1ccco1)C2)N1CCCC1. The van der Waals surface area contributed by atoms with Crippen LogP contribution < -0.4 is 0 Å². The number of amides is 2. The van der Waals surface area contributed by atoms with Crippen LogP contribution in [0.5, 0.6) is 0 Å². The predicted octanol–water partition coefficient (Wildman–Crippen LogP) is 1.52. The fourth-order valence-electron chi connectivity index (χ4n) is 3.98. The third-order valence-electron chi connectivity index (χ3n) is 5.19. The van der Waals surface area contributed by atoms with Gasteiger partial charge in [0.1, 0.15) is 5.60 Å². The van der Waals surface area contributed by atoms with Gasteiger partial charge in [0.2, 0.25) is 5.91 Å². The lowest BCUT2D eigenvalue weighted by atomic mass is 9.85. The molecule has 6 heteroatoms. The fourth-order valence-corrected chi connectivity index (χ4v) is 3.98. The Kier molecular flexibility index (Phi) is 3.64. The van der Waals surface area contributed by atoms with E-state index in [0.29, 0.717) is 31.9 Å². The largest absolute Gasteiger partial charge is 0.459 e. The van der Waals surface area contributed by atoms with Gasteiger partial charge in [0, 0.05) is 19.5 Å². The number of likely N-dealkylation sites (tertiary alicyclic amines) is 2. The lowest BCUT2D eigenvalue weighted by Crippen LogP contribution is -2.63. The molecule has 6 nitrogen and oxygen atoms in total. The molecule has 3 saturated heterocycles. The zero-order valence-electron chi connectivity index (χ0n) is 13.2. The van der Waals surface area contributed by atoms with Crippen LogP contribution in [0.15, 0.2) is 22.8 Å². The summed E-state index contributed by atoms with van der Waals surface area (Å²) in [6.45, 7) is 3.64. The summed E-state index contributed by atoms with van der Waals surface area (Å²) in [5, 5.41) is 0. The third-order valence-corrected chi connectivity index (χ3v) is 5.19. The zero-order valence-corrected chi connectivity index (χ0v) is 13.2. The van der Waals surface area contributed by atoms with Crippen molar-refractivity contribution >= 4 is 11.8 Å². The van der Waals surface area contributed by atoms with Crippen molar-refractivity contribution in [2.45, 2.75) is 31.3 Å². The minimum Gasteiger partial charge on any atom is -0.459 e. The molecule has 0 N–H and O–H groups in total. The second-order valence-corrected chi connectivity index (χ2v) is 6.99. The molecule has 1 spiro atoms. The number of hydrogen-bond acceptors (Lipinski definition) is 4. The van der Waals surface area contributed by atoms with Crippen LogP contribution in [-0.4, -0.2) is 60.0 Å². The first-order valence-corrected chi connectivity index (χ1v) is 8.40. The van der Waals surface area contributed by atoms with Gasteiger partial charge in [-0.25, -0.2) is 0 Å². The van der Waals surface area contributed by atoms with Gasteiger partial charge in [-0.3, -0.25) is 9.59 Å². The van der Waals surface area contributed by atoms with Crippen LogP contribution in [0.4, 0.5) is 0 Å². The number of rotatable bonds is 3. The van der Waals surface area contributed by atoms with E-state index in [1.165, 1.54) is 6.26 Å². The molecule has 1 aromatic heterocycles. The van der Waals surface area contributed by atoms with E-state index in [0.717, 1.165) is 32.4 Å². The summed E-state index contributed by atoms with van der Waals surface area (Å²) in [4.78, 5) is 28.1. The molecule has 3 aliphatic rings. The van der Waals surface area contributed by atoms with E-state index in [-0.39, 0.29) is 23.3 Å². The standard InChI is InChI=1S/C17H22N2O4/c20-15(18-5-1-2-6-18)8-13-9-17(23-10-13)11-19(12-17)16(21)14-4-3-7-22-14/h3-4,7,13H,1-2,5-6,8-12H2. The number of ether oxygens (including phenoxy) is 1. The Morgan fingerprint density at radius 1 is 1.22 bits per heavy atom. The summed E-state index contributed by atoms with van der Waals surface area (Å²) < 4.78 is 11.1. The van der Waals surface area contributed by atoms with Crippen LogP contribution in [-0.2, 0) is 9.53 Å². The highest BCUT2D eigenvalue weighted by Crippen LogP contribution is 2.39. The first kappa shape index (κ1) is 14.8. The Bertz CT molecular complexity index is 586. The predicted molar refractivity (Wildman–Crippen MR) is 81.8 cm³/mol. The Morgan fingerprint density at radius 3 is 2.70 bits per heavy atom. The van der Waals surface area contributed by atoms with Gasteiger partial charge < -0.3 is 19.0 Å². The van der Waals surface area contributed by atoms with Gasteiger partial charge in [-0.1, -0.05) is 0 Å². The van der Waals surface area contributed by atoms with Crippen molar-refractivity contribution in [2.24, 2.45) is 5.92 Å². The first-order valence-electron chi connectivity index (χ1n) is 8.40. The van der Waals surface area contributed by atoms with Gasteiger partial charge in [0.05, 0.1) is 26.0 Å². The van der Waals surface area contributed by atoms with Crippen molar-refractivity contribution < 1.29 is 18.7 Å². The maximum Gasteiger partial charge on any atom is 0.289 e. The normalized spacial score (nSPS) is 25.8. The molecule has 23 heavy (non-hydrogen) atoms. The van der Waals surface area contributed by atoms with E-state index < -0.39 is 0 Å². The Hall–Kier alpha value is -1.82. The Morgan fingerprint density at radius 2 is 2.00 bits per heavy atom. The number of carbonyl (C=O) groups is 2. The van der Waals surface area contributed by atoms with Crippen LogP contribution in [0.1, 0.15) is 36.2 Å². The molecule has 3 aliphatic heterocycles. The average Bonchev–Trinajstić information content (AvgIpc) is 3.25. The Balaban J connectivity index is 1.28. The second-order valence-electron chi connectivity index (χ2n) is 6.99. The first-order chi connectivity index (χ1) is 11.2. The highest BCUT2D eigenvalue weighted by molar-refractivity contribution is 5.92. The highest BCUT2D eigenvalue weighted by Gasteiger charge is 2.52. The lowest BCUT2D eigenvalue weighted by molar-refractivity contribution is -0.131. The molecule has 0 radical (unpaired) electrons. The monoisotopic (exact) mass is 318 g/mol. The molecule has 1 aromatic rings. The van der Waals surface area contributed by atoms with Gasteiger partial charge in [-0.2, -0.15) is 0 Å². The van der Waals surface area contributed by atoms with Crippen LogP contribution in [0.3, 0.4) is 0 Å². The molecule has 1 atom stereocenters. The quantitative estimate of drug-likeness (QED) is 0.848. The highest BCUT2D eigenvalue weighted by atomic mass is 16.5. The van der Waals surface area contributed by atoms with E-state index in [2.05, 4.69) is 0 Å². The van der Waals surface area contributed by atoms with E-state index >= 15 is 0 Å². The summed E-state index contributed by atoms with van der Waals surface area (Å²) in [6, 6.07) is 3.40. The Labute approximate surface area is 135 Å². The minimum atomic E-state index is -0.238. The maximum absolute atomic E-state index is 12.2. The van der Waals surface area contributed by atoms with Crippen molar-refractivity contribution in [2.75, 3.05) is 32.8 Å². The van der Waals surface area contributed by atoms with Gasteiger partial charge in [-0.05, 0) is 37.3 Å². The van der Waals surface area contributed by atoms with E-state index in [4.69, 9.17) is 9.15 Å². The summed E-state index contributed by atoms with van der Waals surface area (Å²) in [5.74, 6) is 0.833. The van der Waals surface area contributed by atoms with E-state index in [9.17, 15) is 9.59 Å². The molecule has 4 rings (SSSR count). The van der Waals surface area contributed by atoms with Crippen molar-refractivity contribution in [3.8, 4) is 0 Å². The molecular weight excluding hydrogens is 296 g/mol. The molecule has 3 fully saturated rings. The maximum atomic E-state index is 12.2. The van der Waals surface area contributed by atoms with Crippen LogP contribution >= 0.6 is 0 Å². The lowest BCUT2D eigenvalue weighted by Gasteiger charge is -2.46. The fraction of sp³-hybridized carbons (Fsp3) is 0.647. The summed E-state index contributed by atoms with van der Waals surface area (Å²) in [6.07, 6.45) is 5.21. The van der Waals surface area contributed by atoms with Crippen molar-refractivity contribution in [1.82, 2.24) is 9.80 Å². The smallest absolute Gasteiger partial charge is 0.289 e. The van der Waals surface area contributed by atoms with Crippen molar-refractivity contribution in [3.63, 3.8) is 0 Å². The molecule has 0 bridgehead atoms. The average molecular weight is 318 g/mol.